The molecule has 3 nitrogen and oxygen atoms in total. The maximum absolute atomic E-state index is 12.0. The molecule has 2 unspecified atom stereocenters. The number of Topliss-reactive ketones (excluding diaryl/α,β-unsaturated/α-hetero) is 1. The first-order chi connectivity index (χ1) is 8.06. The van der Waals surface area contributed by atoms with Crippen molar-refractivity contribution in [2.45, 2.75) is 32.6 Å². The van der Waals surface area contributed by atoms with Crippen LogP contribution in [0.3, 0.4) is 0 Å². The zero-order valence-electron chi connectivity index (χ0n) is 10.2. The molecule has 0 aliphatic rings. The minimum Gasteiger partial charge on any atom is -0.481 e. The van der Waals surface area contributed by atoms with Gasteiger partial charge in [0.25, 0.3) is 0 Å². The molecule has 0 amide bonds. The summed E-state index contributed by atoms with van der Waals surface area (Å²) < 4.78 is 0. The van der Waals surface area contributed by atoms with Crippen LogP contribution in [-0.4, -0.2) is 16.9 Å². The van der Waals surface area contributed by atoms with E-state index in [-0.39, 0.29) is 18.1 Å². The van der Waals surface area contributed by atoms with Gasteiger partial charge in [-0.05, 0) is 12.0 Å². The molecule has 0 spiro atoms. The van der Waals surface area contributed by atoms with E-state index < -0.39 is 11.9 Å². The predicted octanol–water partition coefficient (Wildman–Crippen LogP) is 2.86. The summed E-state index contributed by atoms with van der Waals surface area (Å²) in [6, 6.07) is 9.52. The fourth-order valence-electron chi connectivity index (χ4n) is 1.87. The molecule has 0 aliphatic carbocycles. The van der Waals surface area contributed by atoms with Gasteiger partial charge >= 0.3 is 5.97 Å². The van der Waals surface area contributed by atoms with Crippen LogP contribution < -0.4 is 0 Å². The number of rotatable bonds is 6. The van der Waals surface area contributed by atoms with Crippen LogP contribution in [0.1, 0.15) is 38.2 Å². The van der Waals surface area contributed by atoms with Crippen LogP contribution in [0.5, 0.6) is 0 Å². The molecular formula is C14H18O3. The number of carbonyl (C=O) groups excluding carboxylic acids is 1. The Morgan fingerprint density at radius 2 is 1.82 bits per heavy atom. The maximum atomic E-state index is 12.0. The van der Waals surface area contributed by atoms with E-state index in [1.807, 2.05) is 37.3 Å². The highest BCUT2D eigenvalue weighted by atomic mass is 16.4. The van der Waals surface area contributed by atoms with Crippen molar-refractivity contribution in [3.63, 3.8) is 0 Å². The Labute approximate surface area is 101 Å². The summed E-state index contributed by atoms with van der Waals surface area (Å²) in [5.74, 6) is -1.70. The van der Waals surface area contributed by atoms with E-state index in [2.05, 4.69) is 0 Å². The second-order valence-corrected chi connectivity index (χ2v) is 4.28. The fourth-order valence-corrected chi connectivity index (χ4v) is 1.87. The van der Waals surface area contributed by atoms with Crippen molar-refractivity contribution < 1.29 is 14.7 Å². The monoisotopic (exact) mass is 234 g/mol. The molecular weight excluding hydrogens is 216 g/mol. The smallest absolute Gasteiger partial charge is 0.306 e. The first-order valence-electron chi connectivity index (χ1n) is 5.86. The summed E-state index contributed by atoms with van der Waals surface area (Å²) in [6.07, 6.45) is 0.803. The standard InChI is InChI=1S/C14H18O3/c1-3-12(11-7-5-4-6-8-11)13(15)9-10(2)14(16)17/h4-8,10,12H,3,9H2,1-2H3,(H,16,17). The molecule has 0 radical (unpaired) electrons. The number of aliphatic carboxylic acids is 1. The van der Waals surface area contributed by atoms with Crippen LogP contribution in [-0.2, 0) is 9.59 Å². The zero-order chi connectivity index (χ0) is 12.8. The van der Waals surface area contributed by atoms with Crippen molar-refractivity contribution in [1.29, 1.82) is 0 Å². The van der Waals surface area contributed by atoms with Gasteiger partial charge in [0.1, 0.15) is 5.78 Å². The Bertz CT molecular complexity index is 384. The number of hydrogen-bond acceptors (Lipinski definition) is 2. The maximum Gasteiger partial charge on any atom is 0.306 e. The highest BCUT2D eigenvalue weighted by Crippen LogP contribution is 2.23. The average Bonchev–Trinajstić information content (AvgIpc) is 2.31. The molecule has 0 heterocycles. The minimum absolute atomic E-state index is 0.00796. The third-order valence-corrected chi connectivity index (χ3v) is 2.93. The van der Waals surface area contributed by atoms with Gasteiger partial charge in [-0.3, -0.25) is 9.59 Å². The number of carboxylic acid groups (broad SMARTS) is 1. The number of carbonyl (C=O) groups is 2. The van der Waals surface area contributed by atoms with Crippen molar-refractivity contribution in [2.24, 2.45) is 5.92 Å². The fraction of sp³-hybridized carbons (Fsp3) is 0.429. The Morgan fingerprint density at radius 3 is 2.29 bits per heavy atom. The molecule has 1 rings (SSSR count). The second-order valence-electron chi connectivity index (χ2n) is 4.28. The molecule has 17 heavy (non-hydrogen) atoms. The van der Waals surface area contributed by atoms with Gasteiger partial charge in [0.15, 0.2) is 0 Å². The molecule has 1 N–H and O–H groups in total. The Kier molecular flexibility index (Phi) is 4.88. The summed E-state index contributed by atoms with van der Waals surface area (Å²) in [5, 5.41) is 8.80. The molecule has 2 atom stereocenters. The molecule has 0 aromatic heterocycles. The lowest BCUT2D eigenvalue weighted by Crippen LogP contribution is -2.19. The lowest BCUT2D eigenvalue weighted by Gasteiger charge is -2.15. The van der Waals surface area contributed by atoms with Gasteiger partial charge in [-0.15, -0.1) is 0 Å². The van der Waals surface area contributed by atoms with Gasteiger partial charge in [-0.25, -0.2) is 0 Å². The van der Waals surface area contributed by atoms with Crippen LogP contribution in [0.2, 0.25) is 0 Å². The number of hydrogen-bond donors (Lipinski definition) is 1. The summed E-state index contributed by atoms with van der Waals surface area (Å²) in [6.45, 7) is 3.51. The molecule has 0 fully saturated rings. The lowest BCUT2D eigenvalue weighted by atomic mass is 9.88. The van der Waals surface area contributed by atoms with Gasteiger partial charge in [0.2, 0.25) is 0 Å². The van der Waals surface area contributed by atoms with Crippen LogP contribution in [0.25, 0.3) is 0 Å². The van der Waals surface area contributed by atoms with Crippen LogP contribution >= 0.6 is 0 Å². The number of carboxylic acids is 1. The van der Waals surface area contributed by atoms with E-state index in [0.29, 0.717) is 6.42 Å². The first kappa shape index (κ1) is 13.4. The largest absolute Gasteiger partial charge is 0.481 e. The third kappa shape index (κ3) is 3.70. The van der Waals surface area contributed by atoms with E-state index >= 15 is 0 Å². The van der Waals surface area contributed by atoms with Crippen molar-refractivity contribution in [2.75, 3.05) is 0 Å². The highest BCUT2D eigenvalue weighted by molar-refractivity contribution is 5.88. The molecule has 92 valence electrons. The van der Waals surface area contributed by atoms with Crippen LogP contribution in [0.15, 0.2) is 30.3 Å². The molecule has 0 saturated heterocycles. The Morgan fingerprint density at radius 1 is 1.24 bits per heavy atom. The minimum atomic E-state index is -0.915. The normalized spacial score (nSPS) is 14.0. The van der Waals surface area contributed by atoms with Gasteiger partial charge in [0.05, 0.1) is 5.92 Å². The summed E-state index contributed by atoms with van der Waals surface area (Å²) in [7, 11) is 0. The second kappa shape index (κ2) is 6.18. The molecule has 0 bridgehead atoms. The SMILES string of the molecule is CCC(C(=O)CC(C)C(=O)O)c1ccccc1. The third-order valence-electron chi connectivity index (χ3n) is 2.93. The predicted molar refractivity (Wildman–Crippen MR) is 65.9 cm³/mol. The first-order valence-corrected chi connectivity index (χ1v) is 5.86. The molecule has 3 heteroatoms. The topological polar surface area (TPSA) is 54.4 Å². The van der Waals surface area contributed by atoms with E-state index in [1.165, 1.54) is 0 Å². The molecule has 0 aliphatic heterocycles. The van der Waals surface area contributed by atoms with Crippen molar-refractivity contribution in [1.82, 2.24) is 0 Å². The van der Waals surface area contributed by atoms with Crippen LogP contribution in [0, 0.1) is 5.92 Å². The van der Waals surface area contributed by atoms with E-state index in [9.17, 15) is 9.59 Å². The van der Waals surface area contributed by atoms with Gasteiger partial charge < -0.3 is 5.11 Å². The van der Waals surface area contributed by atoms with E-state index in [1.54, 1.807) is 6.92 Å². The zero-order valence-corrected chi connectivity index (χ0v) is 10.2. The van der Waals surface area contributed by atoms with Crippen molar-refractivity contribution in [3.8, 4) is 0 Å². The van der Waals surface area contributed by atoms with Gasteiger partial charge in [-0.1, -0.05) is 44.2 Å². The molecule has 0 saturated carbocycles. The quantitative estimate of drug-likeness (QED) is 0.823. The Balaban J connectivity index is 2.75. The summed E-state index contributed by atoms with van der Waals surface area (Å²) in [4.78, 5) is 22.8. The average molecular weight is 234 g/mol. The Hall–Kier alpha value is -1.64. The summed E-state index contributed by atoms with van der Waals surface area (Å²) in [5.41, 5.74) is 0.970. The highest BCUT2D eigenvalue weighted by Gasteiger charge is 2.23. The lowest BCUT2D eigenvalue weighted by molar-refractivity contribution is -0.143. The van der Waals surface area contributed by atoms with Gasteiger partial charge in [0, 0.05) is 12.3 Å². The molecule has 1 aromatic rings. The number of ketones is 1. The van der Waals surface area contributed by atoms with Gasteiger partial charge in [-0.2, -0.15) is 0 Å². The number of benzene rings is 1. The van der Waals surface area contributed by atoms with E-state index in [0.717, 1.165) is 5.56 Å². The van der Waals surface area contributed by atoms with Crippen molar-refractivity contribution in [3.05, 3.63) is 35.9 Å². The van der Waals surface area contributed by atoms with Crippen LogP contribution in [0.4, 0.5) is 0 Å². The van der Waals surface area contributed by atoms with E-state index in [4.69, 9.17) is 5.11 Å². The summed E-state index contributed by atoms with van der Waals surface area (Å²) >= 11 is 0. The van der Waals surface area contributed by atoms with Crippen molar-refractivity contribution >= 4 is 11.8 Å². The molecule has 1 aromatic carbocycles.